The van der Waals surface area contributed by atoms with Crippen LogP contribution in [0.4, 0.5) is 4.39 Å². The Balaban J connectivity index is 1.70. The van der Waals surface area contributed by atoms with Crippen molar-refractivity contribution in [2.75, 3.05) is 6.54 Å². The second kappa shape index (κ2) is 7.34. The number of halogens is 1. The predicted molar refractivity (Wildman–Crippen MR) is 97.6 cm³/mol. The topological polar surface area (TPSA) is 42.0 Å². The number of benzene rings is 1. The highest BCUT2D eigenvalue weighted by Gasteiger charge is 2.35. The summed E-state index contributed by atoms with van der Waals surface area (Å²) in [4.78, 5) is 16.7. The Hall–Kier alpha value is -2.23. The summed E-state index contributed by atoms with van der Waals surface area (Å²) in [5.74, 6) is 0.219. The maximum Gasteiger partial charge on any atom is 0.225 e. The quantitative estimate of drug-likeness (QED) is 0.858. The van der Waals surface area contributed by atoms with E-state index in [0.717, 1.165) is 49.0 Å². The molecule has 1 aromatic carbocycles. The largest absolute Gasteiger partial charge is 0.356 e. The van der Waals surface area contributed by atoms with Crippen LogP contribution in [0.15, 0.2) is 42.6 Å². The van der Waals surface area contributed by atoms with Gasteiger partial charge in [-0.15, -0.1) is 0 Å². The average Bonchev–Trinajstić information content (AvgIpc) is 2.63. The lowest BCUT2D eigenvalue weighted by Crippen LogP contribution is -2.44. The first-order chi connectivity index (χ1) is 12.0. The van der Waals surface area contributed by atoms with Crippen LogP contribution < -0.4 is 5.32 Å². The van der Waals surface area contributed by atoms with Crippen molar-refractivity contribution < 1.29 is 9.18 Å². The number of pyridine rings is 1. The lowest BCUT2D eigenvalue weighted by molar-refractivity contribution is -0.133. The molecule has 1 N–H and O–H groups in total. The van der Waals surface area contributed by atoms with Crippen molar-refractivity contribution in [2.45, 2.75) is 45.4 Å². The number of nitrogens with zero attached hydrogens (tertiary/aromatic N) is 1. The minimum absolute atomic E-state index is 0.180. The molecule has 0 aliphatic carbocycles. The third kappa shape index (κ3) is 4.06. The second-order valence-corrected chi connectivity index (χ2v) is 7.34. The van der Waals surface area contributed by atoms with Crippen molar-refractivity contribution in [1.82, 2.24) is 10.3 Å². The molecule has 2 atom stereocenters. The Morgan fingerprint density at radius 3 is 2.72 bits per heavy atom. The molecular formula is C21H25FN2O. The number of hydrogen-bond donors (Lipinski definition) is 1. The number of amides is 1. The van der Waals surface area contributed by atoms with Gasteiger partial charge in [-0.2, -0.15) is 0 Å². The van der Waals surface area contributed by atoms with Gasteiger partial charge < -0.3 is 5.32 Å². The summed E-state index contributed by atoms with van der Waals surface area (Å²) >= 11 is 0. The van der Waals surface area contributed by atoms with Crippen molar-refractivity contribution in [3.8, 4) is 11.1 Å². The van der Waals surface area contributed by atoms with E-state index in [1.807, 2.05) is 6.07 Å². The molecule has 2 unspecified atom stereocenters. The Labute approximate surface area is 148 Å². The first kappa shape index (κ1) is 17.6. The molecule has 1 aliphatic heterocycles. The lowest BCUT2D eigenvalue weighted by atomic mass is 9.76. The van der Waals surface area contributed by atoms with Crippen molar-refractivity contribution in [3.63, 3.8) is 0 Å². The molecular weight excluding hydrogens is 315 g/mol. The van der Waals surface area contributed by atoms with E-state index in [1.54, 1.807) is 18.3 Å². The zero-order chi connectivity index (χ0) is 17.9. The van der Waals surface area contributed by atoms with Crippen LogP contribution in [0.25, 0.3) is 11.1 Å². The minimum Gasteiger partial charge on any atom is -0.356 e. The van der Waals surface area contributed by atoms with Gasteiger partial charge in [0.1, 0.15) is 5.82 Å². The van der Waals surface area contributed by atoms with E-state index in [4.69, 9.17) is 0 Å². The fourth-order valence-electron chi connectivity index (χ4n) is 3.47. The summed E-state index contributed by atoms with van der Waals surface area (Å²) in [6.07, 6.45) is 5.59. The van der Waals surface area contributed by atoms with Gasteiger partial charge in [0.05, 0.1) is 0 Å². The van der Waals surface area contributed by atoms with Crippen LogP contribution in [-0.2, 0) is 4.79 Å². The van der Waals surface area contributed by atoms with Gasteiger partial charge >= 0.3 is 0 Å². The molecule has 1 aromatic heterocycles. The maximum atomic E-state index is 13.1. The standard InChI is InChI=1S/C21H25FN2O/c1-15(8-11-21(2)10-3-12-24-20(21)25)19-14-17(9-13-23-19)16-4-6-18(22)7-5-16/h4-7,9,13-15H,3,8,10-12H2,1-2H3,(H,24,25). The summed E-state index contributed by atoms with van der Waals surface area (Å²) in [7, 11) is 0. The van der Waals surface area contributed by atoms with Gasteiger partial charge in [0.2, 0.25) is 5.91 Å². The SMILES string of the molecule is CC(CCC1(C)CCCNC1=O)c1cc(-c2ccc(F)cc2)ccn1. The van der Waals surface area contributed by atoms with E-state index in [9.17, 15) is 9.18 Å². The highest BCUT2D eigenvalue weighted by Crippen LogP contribution is 2.35. The van der Waals surface area contributed by atoms with E-state index >= 15 is 0 Å². The van der Waals surface area contributed by atoms with Crippen molar-refractivity contribution in [3.05, 3.63) is 54.1 Å². The van der Waals surface area contributed by atoms with Gasteiger partial charge in [0.25, 0.3) is 0 Å². The average molecular weight is 340 g/mol. The highest BCUT2D eigenvalue weighted by atomic mass is 19.1. The number of nitrogens with one attached hydrogen (secondary N) is 1. The summed E-state index contributed by atoms with van der Waals surface area (Å²) in [6.45, 7) is 5.02. The molecule has 3 nitrogen and oxygen atoms in total. The van der Waals surface area contributed by atoms with Gasteiger partial charge in [-0.3, -0.25) is 9.78 Å². The molecule has 132 valence electrons. The normalized spacial score (nSPS) is 21.6. The number of carbonyl (C=O) groups is 1. The van der Waals surface area contributed by atoms with Gasteiger partial charge in [0.15, 0.2) is 0 Å². The van der Waals surface area contributed by atoms with E-state index in [2.05, 4.69) is 30.2 Å². The molecule has 0 spiro atoms. The van der Waals surface area contributed by atoms with Crippen molar-refractivity contribution >= 4 is 5.91 Å². The van der Waals surface area contributed by atoms with E-state index in [-0.39, 0.29) is 23.1 Å². The Kier molecular flexibility index (Phi) is 5.16. The predicted octanol–water partition coefficient (Wildman–Crippen LogP) is 4.69. The van der Waals surface area contributed by atoms with E-state index < -0.39 is 0 Å². The molecule has 1 amide bonds. The number of rotatable bonds is 5. The Bertz CT molecular complexity index is 744. The number of aromatic nitrogens is 1. The van der Waals surface area contributed by atoms with Crippen LogP contribution in [0, 0.1) is 11.2 Å². The molecule has 3 rings (SSSR count). The monoisotopic (exact) mass is 340 g/mol. The Morgan fingerprint density at radius 1 is 1.24 bits per heavy atom. The molecule has 1 saturated heterocycles. The molecule has 2 aromatic rings. The molecule has 25 heavy (non-hydrogen) atoms. The summed E-state index contributed by atoms with van der Waals surface area (Å²) in [5.41, 5.74) is 2.78. The van der Waals surface area contributed by atoms with Crippen LogP contribution in [-0.4, -0.2) is 17.4 Å². The fourth-order valence-corrected chi connectivity index (χ4v) is 3.47. The molecule has 1 fully saturated rings. The first-order valence-electron chi connectivity index (χ1n) is 8.98. The fraction of sp³-hybridized carbons (Fsp3) is 0.429. The number of hydrogen-bond acceptors (Lipinski definition) is 2. The summed E-state index contributed by atoms with van der Waals surface area (Å²) in [5, 5.41) is 2.99. The first-order valence-corrected chi connectivity index (χ1v) is 8.98. The van der Waals surface area contributed by atoms with Crippen LogP contribution in [0.2, 0.25) is 0 Å². The molecule has 2 heterocycles. The third-order valence-electron chi connectivity index (χ3n) is 5.33. The minimum atomic E-state index is -0.263. The van der Waals surface area contributed by atoms with Gasteiger partial charge in [0, 0.05) is 23.9 Å². The Morgan fingerprint density at radius 2 is 2.00 bits per heavy atom. The second-order valence-electron chi connectivity index (χ2n) is 7.34. The van der Waals surface area contributed by atoms with Crippen LogP contribution in [0.5, 0.6) is 0 Å². The van der Waals surface area contributed by atoms with Gasteiger partial charge in [-0.25, -0.2) is 4.39 Å². The number of carbonyl (C=O) groups excluding carboxylic acids is 1. The maximum absolute atomic E-state index is 13.1. The van der Waals surface area contributed by atoms with Crippen LogP contribution in [0.1, 0.15) is 51.1 Å². The van der Waals surface area contributed by atoms with Gasteiger partial charge in [-0.1, -0.05) is 26.0 Å². The van der Waals surface area contributed by atoms with E-state index in [1.165, 1.54) is 12.1 Å². The molecule has 4 heteroatoms. The van der Waals surface area contributed by atoms with E-state index in [0.29, 0.717) is 0 Å². The number of piperidine rings is 1. The highest BCUT2D eigenvalue weighted by molar-refractivity contribution is 5.82. The van der Waals surface area contributed by atoms with Crippen molar-refractivity contribution in [1.29, 1.82) is 0 Å². The van der Waals surface area contributed by atoms with Crippen LogP contribution >= 0.6 is 0 Å². The molecule has 1 aliphatic rings. The van der Waals surface area contributed by atoms with Gasteiger partial charge in [-0.05, 0) is 67.0 Å². The molecule has 0 saturated carbocycles. The third-order valence-corrected chi connectivity index (χ3v) is 5.33. The zero-order valence-corrected chi connectivity index (χ0v) is 14.9. The summed E-state index contributed by atoms with van der Waals surface area (Å²) in [6, 6.07) is 10.5. The summed E-state index contributed by atoms with van der Waals surface area (Å²) < 4.78 is 13.1. The van der Waals surface area contributed by atoms with Crippen LogP contribution in [0.3, 0.4) is 0 Å². The van der Waals surface area contributed by atoms with Crippen molar-refractivity contribution in [2.24, 2.45) is 5.41 Å². The molecule has 0 bridgehead atoms. The lowest BCUT2D eigenvalue weighted by Gasteiger charge is -2.33. The smallest absolute Gasteiger partial charge is 0.225 e. The molecule has 0 radical (unpaired) electrons. The zero-order valence-electron chi connectivity index (χ0n) is 14.9.